The quantitative estimate of drug-likeness (QED) is 0.730. The first-order valence-electron chi connectivity index (χ1n) is 5.11. The highest BCUT2D eigenvalue weighted by molar-refractivity contribution is 5.15. The maximum absolute atomic E-state index is 5.44. The maximum Gasteiger partial charge on any atom is 0.0658 e. The molecule has 0 atom stereocenters. The fourth-order valence-electron chi connectivity index (χ4n) is 1.37. The number of aryl methyl sites for hydroxylation is 2. The van der Waals surface area contributed by atoms with Crippen molar-refractivity contribution in [1.29, 1.82) is 0 Å². The number of nitrogens with one attached hydrogen (secondary N) is 1. The van der Waals surface area contributed by atoms with E-state index < -0.39 is 0 Å². The third-order valence-electron chi connectivity index (χ3n) is 2.09. The summed E-state index contributed by atoms with van der Waals surface area (Å²) in [5.74, 6) is 0. The molecule has 1 N–H and O–H groups in total. The number of ether oxygens (including phenoxy) is 1. The summed E-state index contributed by atoms with van der Waals surface area (Å²) in [5, 5.41) is 0. The molecule has 0 unspecified atom stereocenters. The zero-order valence-corrected chi connectivity index (χ0v) is 9.50. The second-order valence-electron chi connectivity index (χ2n) is 3.78. The smallest absolute Gasteiger partial charge is 0.0658 e. The van der Waals surface area contributed by atoms with Crippen LogP contribution in [-0.4, -0.2) is 23.9 Å². The molecule has 0 amide bonds. The normalized spacial score (nSPS) is 10.9. The van der Waals surface area contributed by atoms with E-state index in [1.165, 1.54) is 11.4 Å². The Hall–Kier alpha value is -0.960. The van der Waals surface area contributed by atoms with Gasteiger partial charge < -0.3 is 10.2 Å². The lowest BCUT2D eigenvalue weighted by molar-refractivity contribution is 0.0858. The van der Waals surface area contributed by atoms with Gasteiger partial charge in [-0.1, -0.05) is 0 Å². The van der Waals surface area contributed by atoms with Crippen molar-refractivity contribution >= 4 is 0 Å². The minimum Gasteiger partial charge on any atom is -0.377 e. The van der Waals surface area contributed by atoms with Crippen molar-refractivity contribution in [3.63, 3.8) is 0 Å². The molecule has 3 heteroatoms. The number of nitrogens with zero attached hydrogens (tertiary/aromatic N) is 1. The molecule has 0 aliphatic rings. The zero-order chi connectivity index (χ0) is 10.6. The minimum atomic E-state index is 0.309. The molecule has 0 saturated carbocycles. The second kappa shape index (κ2) is 5.05. The van der Waals surface area contributed by atoms with E-state index in [9.17, 15) is 0 Å². The summed E-state index contributed by atoms with van der Waals surface area (Å²) in [5.41, 5.74) is 5.77. The van der Waals surface area contributed by atoms with Crippen LogP contribution in [0.15, 0.2) is 12.1 Å². The van der Waals surface area contributed by atoms with Gasteiger partial charge in [0.05, 0.1) is 19.3 Å². The van der Waals surface area contributed by atoms with Gasteiger partial charge in [0, 0.05) is 11.4 Å². The molecule has 0 fully saturated rings. The zero-order valence-electron chi connectivity index (χ0n) is 9.50. The van der Waals surface area contributed by atoms with Crippen LogP contribution in [0.4, 0.5) is 0 Å². The summed E-state index contributed by atoms with van der Waals surface area (Å²) >= 11 is 0. The average molecular weight is 196 g/mol. The highest BCUT2D eigenvalue weighted by atomic mass is 16.5. The Labute approximate surface area is 86.0 Å². The highest BCUT2D eigenvalue weighted by Gasteiger charge is 1.99. The summed E-state index contributed by atoms with van der Waals surface area (Å²) in [6.45, 7) is 9.86. The molecule has 0 aliphatic carbocycles. The van der Waals surface area contributed by atoms with Gasteiger partial charge in [0.1, 0.15) is 0 Å². The van der Waals surface area contributed by atoms with Crippen LogP contribution in [0.1, 0.15) is 25.2 Å². The second-order valence-corrected chi connectivity index (χ2v) is 3.78. The number of aromatic nitrogens is 1. The molecule has 1 rings (SSSR count). The SMILES string of the molecule is Cc1ccc(C)n1NCCOC(C)C. The molecule has 3 nitrogen and oxygen atoms in total. The molecule has 1 aromatic heterocycles. The minimum absolute atomic E-state index is 0.309. The lowest BCUT2D eigenvalue weighted by Gasteiger charge is -2.13. The van der Waals surface area contributed by atoms with E-state index in [1.54, 1.807) is 0 Å². The predicted octanol–water partition coefficient (Wildman–Crippen LogP) is 2.07. The van der Waals surface area contributed by atoms with Crippen molar-refractivity contribution in [2.45, 2.75) is 33.8 Å². The van der Waals surface area contributed by atoms with Crippen molar-refractivity contribution in [2.24, 2.45) is 0 Å². The summed E-state index contributed by atoms with van der Waals surface area (Å²) in [6, 6.07) is 4.21. The van der Waals surface area contributed by atoms with Crippen molar-refractivity contribution in [2.75, 3.05) is 18.6 Å². The van der Waals surface area contributed by atoms with E-state index >= 15 is 0 Å². The monoisotopic (exact) mass is 196 g/mol. The fourth-order valence-corrected chi connectivity index (χ4v) is 1.37. The molecule has 0 bridgehead atoms. The Morgan fingerprint density at radius 2 is 1.86 bits per heavy atom. The Balaban J connectivity index is 2.31. The Morgan fingerprint density at radius 3 is 2.36 bits per heavy atom. The van der Waals surface area contributed by atoms with Gasteiger partial charge in [-0.2, -0.15) is 0 Å². The Bertz CT molecular complexity index is 259. The van der Waals surface area contributed by atoms with Gasteiger partial charge in [0.15, 0.2) is 0 Å². The van der Waals surface area contributed by atoms with Crippen LogP contribution in [0, 0.1) is 13.8 Å². The molecule has 0 aromatic carbocycles. The van der Waals surface area contributed by atoms with E-state index in [0.717, 1.165) is 13.2 Å². The van der Waals surface area contributed by atoms with Crippen molar-refractivity contribution < 1.29 is 4.74 Å². The third-order valence-corrected chi connectivity index (χ3v) is 2.09. The molecular formula is C11H20N2O. The van der Waals surface area contributed by atoms with Crippen LogP contribution in [-0.2, 0) is 4.74 Å². The third kappa shape index (κ3) is 3.07. The first-order chi connectivity index (χ1) is 6.61. The van der Waals surface area contributed by atoms with Gasteiger partial charge in [-0.25, -0.2) is 0 Å². The topological polar surface area (TPSA) is 26.2 Å². The number of hydrogen-bond acceptors (Lipinski definition) is 2. The maximum atomic E-state index is 5.44. The largest absolute Gasteiger partial charge is 0.377 e. The molecule has 1 heterocycles. The summed E-state index contributed by atoms with van der Waals surface area (Å²) < 4.78 is 7.53. The predicted molar refractivity (Wildman–Crippen MR) is 59.2 cm³/mol. The summed E-state index contributed by atoms with van der Waals surface area (Å²) in [4.78, 5) is 0. The van der Waals surface area contributed by atoms with Crippen molar-refractivity contribution in [3.05, 3.63) is 23.5 Å². The van der Waals surface area contributed by atoms with Crippen LogP contribution in [0.25, 0.3) is 0 Å². The standard InChI is InChI=1S/C11H20N2O/c1-9(2)14-8-7-12-13-10(3)5-6-11(13)4/h5-6,9,12H,7-8H2,1-4H3. The fraction of sp³-hybridized carbons (Fsp3) is 0.636. The van der Waals surface area contributed by atoms with E-state index in [0.29, 0.717) is 6.10 Å². The van der Waals surface area contributed by atoms with Crippen LogP contribution >= 0.6 is 0 Å². The van der Waals surface area contributed by atoms with Gasteiger partial charge >= 0.3 is 0 Å². The molecule has 1 aromatic rings. The van der Waals surface area contributed by atoms with E-state index in [4.69, 9.17) is 4.74 Å². The lowest BCUT2D eigenvalue weighted by atomic mass is 10.5. The van der Waals surface area contributed by atoms with Gasteiger partial charge in [0.25, 0.3) is 0 Å². The van der Waals surface area contributed by atoms with Crippen LogP contribution in [0.3, 0.4) is 0 Å². The van der Waals surface area contributed by atoms with Crippen molar-refractivity contribution in [1.82, 2.24) is 4.68 Å². The summed E-state index contributed by atoms with van der Waals surface area (Å²) in [7, 11) is 0. The van der Waals surface area contributed by atoms with Gasteiger partial charge in [-0.3, -0.25) is 4.68 Å². The molecule has 0 radical (unpaired) electrons. The molecule has 0 saturated heterocycles. The first-order valence-corrected chi connectivity index (χ1v) is 5.11. The van der Waals surface area contributed by atoms with Gasteiger partial charge in [-0.05, 0) is 39.8 Å². The molecular weight excluding hydrogens is 176 g/mol. The van der Waals surface area contributed by atoms with E-state index in [1.807, 2.05) is 13.8 Å². The van der Waals surface area contributed by atoms with Crippen LogP contribution < -0.4 is 5.43 Å². The Kier molecular flexibility index (Phi) is 4.01. The first kappa shape index (κ1) is 11.1. The lowest BCUT2D eigenvalue weighted by Crippen LogP contribution is -2.22. The van der Waals surface area contributed by atoms with Crippen LogP contribution in [0.2, 0.25) is 0 Å². The van der Waals surface area contributed by atoms with Gasteiger partial charge in [-0.15, -0.1) is 0 Å². The number of rotatable bonds is 5. The molecule has 14 heavy (non-hydrogen) atoms. The van der Waals surface area contributed by atoms with E-state index in [-0.39, 0.29) is 0 Å². The van der Waals surface area contributed by atoms with Gasteiger partial charge in [0.2, 0.25) is 0 Å². The summed E-state index contributed by atoms with van der Waals surface area (Å²) in [6.07, 6.45) is 0.309. The van der Waals surface area contributed by atoms with E-state index in [2.05, 4.69) is 36.1 Å². The number of hydrogen-bond donors (Lipinski definition) is 1. The Morgan fingerprint density at radius 1 is 1.29 bits per heavy atom. The molecule has 0 spiro atoms. The van der Waals surface area contributed by atoms with Crippen molar-refractivity contribution in [3.8, 4) is 0 Å². The average Bonchev–Trinajstić information content (AvgIpc) is 2.42. The molecule has 80 valence electrons. The van der Waals surface area contributed by atoms with Crippen LogP contribution in [0.5, 0.6) is 0 Å². The molecule has 0 aliphatic heterocycles. The highest BCUT2D eigenvalue weighted by Crippen LogP contribution is 2.03.